The van der Waals surface area contributed by atoms with Gasteiger partial charge in [0.25, 0.3) is 0 Å². The fourth-order valence-electron chi connectivity index (χ4n) is 1.59. The Kier molecular flexibility index (Phi) is 4.08. The largest absolute Gasteiger partial charge is 0.481 e. The van der Waals surface area contributed by atoms with Crippen LogP contribution in [-0.2, 0) is 11.3 Å². The van der Waals surface area contributed by atoms with Crippen molar-refractivity contribution in [1.82, 2.24) is 9.55 Å². The standard InChI is InChI=1S/C12H14N2O2S2/c1-8-5-17-6-10(8)4-14-9(2)3-13-12(14)18-7-11(15)16/h3,5-6H,4,7H2,1-2H3,(H,15,16). The van der Waals surface area contributed by atoms with E-state index >= 15 is 0 Å². The average Bonchev–Trinajstić information content (AvgIpc) is 2.86. The molecule has 0 amide bonds. The van der Waals surface area contributed by atoms with E-state index < -0.39 is 5.97 Å². The summed E-state index contributed by atoms with van der Waals surface area (Å²) < 4.78 is 2.06. The summed E-state index contributed by atoms with van der Waals surface area (Å²) in [6, 6.07) is 0. The summed E-state index contributed by atoms with van der Waals surface area (Å²) in [5, 5.41) is 13.7. The molecule has 2 aromatic rings. The lowest BCUT2D eigenvalue weighted by Gasteiger charge is -2.09. The molecule has 1 N–H and O–H groups in total. The van der Waals surface area contributed by atoms with Crippen molar-refractivity contribution >= 4 is 29.1 Å². The number of hydrogen-bond acceptors (Lipinski definition) is 4. The van der Waals surface area contributed by atoms with Crippen LogP contribution in [0, 0.1) is 13.8 Å². The average molecular weight is 282 g/mol. The molecule has 0 saturated carbocycles. The molecule has 96 valence electrons. The van der Waals surface area contributed by atoms with Gasteiger partial charge >= 0.3 is 5.97 Å². The van der Waals surface area contributed by atoms with Crippen molar-refractivity contribution < 1.29 is 9.90 Å². The number of aliphatic carboxylic acids is 1. The number of thioether (sulfide) groups is 1. The maximum Gasteiger partial charge on any atom is 0.313 e. The van der Waals surface area contributed by atoms with Gasteiger partial charge in [-0.1, -0.05) is 11.8 Å². The van der Waals surface area contributed by atoms with Crippen molar-refractivity contribution in [3.05, 3.63) is 33.8 Å². The molecule has 0 bridgehead atoms. The van der Waals surface area contributed by atoms with Gasteiger partial charge in [-0.2, -0.15) is 11.3 Å². The van der Waals surface area contributed by atoms with E-state index in [-0.39, 0.29) is 5.75 Å². The zero-order chi connectivity index (χ0) is 13.1. The lowest BCUT2D eigenvalue weighted by molar-refractivity contribution is -0.133. The fraction of sp³-hybridized carbons (Fsp3) is 0.333. The van der Waals surface area contributed by atoms with Crippen LogP contribution in [-0.4, -0.2) is 26.4 Å². The monoisotopic (exact) mass is 282 g/mol. The molecule has 0 aliphatic heterocycles. The van der Waals surface area contributed by atoms with E-state index in [4.69, 9.17) is 5.11 Å². The summed E-state index contributed by atoms with van der Waals surface area (Å²) in [6.45, 7) is 4.82. The molecular weight excluding hydrogens is 268 g/mol. The van der Waals surface area contributed by atoms with Crippen LogP contribution in [0.2, 0.25) is 0 Å². The number of carboxylic acid groups (broad SMARTS) is 1. The Morgan fingerprint density at radius 1 is 1.50 bits per heavy atom. The quantitative estimate of drug-likeness (QED) is 0.857. The molecule has 0 aliphatic rings. The molecule has 2 rings (SSSR count). The molecule has 4 nitrogen and oxygen atoms in total. The Morgan fingerprint density at radius 3 is 2.89 bits per heavy atom. The summed E-state index contributed by atoms with van der Waals surface area (Å²) in [5.41, 5.74) is 3.58. The third-order valence-electron chi connectivity index (χ3n) is 2.63. The first-order valence-electron chi connectivity index (χ1n) is 5.46. The second-order valence-corrected chi connectivity index (χ2v) is 5.72. The number of carbonyl (C=O) groups is 1. The molecule has 0 unspecified atom stereocenters. The molecule has 2 heterocycles. The minimum absolute atomic E-state index is 0.0407. The van der Waals surface area contributed by atoms with Crippen molar-refractivity contribution in [3.63, 3.8) is 0 Å². The van der Waals surface area contributed by atoms with Gasteiger partial charge in [-0.3, -0.25) is 4.79 Å². The predicted molar refractivity (Wildman–Crippen MR) is 73.5 cm³/mol. The van der Waals surface area contributed by atoms with Crippen LogP contribution in [0.15, 0.2) is 22.1 Å². The zero-order valence-corrected chi connectivity index (χ0v) is 11.8. The second kappa shape index (κ2) is 5.58. The van der Waals surface area contributed by atoms with Gasteiger partial charge in [0.1, 0.15) is 0 Å². The molecule has 0 atom stereocenters. The van der Waals surface area contributed by atoms with Crippen molar-refractivity contribution in [2.75, 3.05) is 5.75 Å². The van der Waals surface area contributed by atoms with Crippen LogP contribution in [0.3, 0.4) is 0 Å². The summed E-state index contributed by atoms with van der Waals surface area (Å²) in [5.74, 6) is -0.780. The second-order valence-electron chi connectivity index (χ2n) is 4.03. The van der Waals surface area contributed by atoms with Gasteiger partial charge in [0.15, 0.2) is 5.16 Å². The Labute approximate surface area is 114 Å². The van der Waals surface area contributed by atoms with E-state index in [2.05, 4.69) is 27.2 Å². The van der Waals surface area contributed by atoms with E-state index in [1.54, 1.807) is 17.5 Å². The van der Waals surface area contributed by atoms with Gasteiger partial charge < -0.3 is 9.67 Å². The number of nitrogens with zero attached hydrogens (tertiary/aromatic N) is 2. The maximum absolute atomic E-state index is 10.6. The topological polar surface area (TPSA) is 55.1 Å². The van der Waals surface area contributed by atoms with Gasteiger partial charge in [0, 0.05) is 11.9 Å². The lowest BCUT2D eigenvalue weighted by atomic mass is 10.2. The van der Waals surface area contributed by atoms with E-state index in [1.165, 1.54) is 22.9 Å². The smallest absolute Gasteiger partial charge is 0.313 e. The maximum atomic E-state index is 10.6. The summed E-state index contributed by atoms with van der Waals surface area (Å²) in [7, 11) is 0. The Bertz CT molecular complexity index is 560. The minimum atomic E-state index is -0.820. The van der Waals surface area contributed by atoms with Gasteiger partial charge in [-0.05, 0) is 35.7 Å². The first-order chi connectivity index (χ1) is 8.58. The Morgan fingerprint density at radius 2 is 2.28 bits per heavy atom. The molecule has 18 heavy (non-hydrogen) atoms. The fourth-order valence-corrected chi connectivity index (χ4v) is 3.18. The molecule has 0 fully saturated rings. The molecule has 6 heteroatoms. The number of rotatable bonds is 5. The van der Waals surface area contributed by atoms with Crippen molar-refractivity contribution in [3.8, 4) is 0 Å². The number of thiophene rings is 1. The molecule has 0 saturated heterocycles. The summed E-state index contributed by atoms with van der Waals surface area (Å²) >= 11 is 2.94. The van der Waals surface area contributed by atoms with Crippen LogP contribution < -0.4 is 0 Å². The molecular formula is C12H14N2O2S2. The Hall–Kier alpha value is -1.27. The highest BCUT2D eigenvalue weighted by Crippen LogP contribution is 2.22. The highest BCUT2D eigenvalue weighted by atomic mass is 32.2. The van der Waals surface area contributed by atoms with Crippen molar-refractivity contribution in [1.29, 1.82) is 0 Å². The first kappa shape index (κ1) is 13.2. The number of aryl methyl sites for hydroxylation is 2. The molecule has 2 aromatic heterocycles. The predicted octanol–water partition coefficient (Wildman–Crippen LogP) is 2.79. The number of carboxylic acids is 1. The van der Waals surface area contributed by atoms with E-state index in [0.29, 0.717) is 0 Å². The third kappa shape index (κ3) is 2.94. The van der Waals surface area contributed by atoms with Crippen molar-refractivity contribution in [2.45, 2.75) is 25.5 Å². The van der Waals surface area contributed by atoms with E-state index in [1.807, 2.05) is 6.92 Å². The van der Waals surface area contributed by atoms with Gasteiger partial charge in [0.05, 0.1) is 12.3 Å². The van der Waals surface area contributed by atoms with E-state index in [9.17, 15) is 4.79 Å². The van der Waals surface area contributed by atoms with Crippen LogP contribution in [0.5, 0.6) is 0 Å². The van der Waals surface area contributed by atoms with Gasteiger partial charge in [-0.15, -0.1) is 0 Å². The highest BCUT2D eigenvalue weighted by Gasteiger charge is 2.11. The SMILES string of the molecule is Cc1cscc1Cn1c(C)cnc1SCC(=O)O. The summed E-state index contributed by atoms with van der Waals surface area (Å²) in [6.07, 6.45) is 1.78. The summed E-state index contributed by atoms with van der Waals surface area (Å²) in [4.78, 5) is 14.9. The number of hydrogen-bond donors (Lipinski definition) is 1. The molecule has 0 radical (unpaired) electrons. The van der Waals surface area contributed by atoms with Crippen molar-refractivity contribution in [2.24, 2.45) is 0 Å². The highest BCUT2D eigenvalue weighted by molar-refractivity contribution is 7.99. The number of aromatic nitrogens is 2. The van der Waals surface area contributed by atoms with E-state index in [0.717, 1.165) is 17.4 Å². The minimum Gasteiger partial charge on any atom is -0.481 e. The van der Waals surface area contributed by atoms with Gasteiger partial charge in [-0.25, -0.2) is 4.98 Å². The van der Waals surface area contributed by atoms with Crippen LogP contribution >= 0.6 is 23.1 Å². The Balaban J connectivity index is 2.19. The normalized spacial score (nSPS) is 10.8. The van der Waals surface area contributed by atoms with Crippen LogP contribution in [0.1, 0.15) is 16.8 Å². The first-order valence-corrected chi connectivity index (χ1v) is 7.39. The zero-order valence-electron chi connectivity index (χ0n) is 10.2. The number of imidazole rings is 1. The van der Waals surface area contributed by atoms with Gasteiger partial charge in [0.2, 0.25) is 0 Å². The molecule has 0 aliphatic carbocycles. The lowest BCUT2D eigenvalue weighted by Crippen LogP contribution is -2.06. The molecule has 0 aromatic carbocycles. The molecule has 0 spiro atoms. The van der Waals surface area contributed by atoms with Crippen LogP contribution in [0.4, 0.5) is 0 Å². The van der Waals surface area contributed by atoms with Crippen LogP contribution in [0.25, 0.3) is 0 Å². The third-order valence-corrected chi connectivity index (χ3v) is 4.52.